The second-order valence-electron chi connectivity index (χ2n) is 4.68. The summed E-state index contributed by atoms with van der Waals surface area (Å²) in [4.78, 5) is 11.5. The molecule has 21 heavy (non-hydrogen) atoms. The number of carbonyl (C=O) groups excluding carboxylic acids is 1. The summed E-state index contributed by atoms with van der Waals surface area (Å²) in [6.45, 7) is 3.45. The summed E-state index contributed by atoms with van der Waals surface area (Å²) < 4.78 is 10.7. The first-order valence-corrected chi connectivity index (χ1v) is 6.97. The molecule has 2 amide bonds. The molecule has 0 radical (unpaired) electrons. The van der Waals surface area contributed by atoms with Crippen LogP contribution >= 0.6 is 0 Å². The van der Waals surface area contributed by atoms with Crippen LogP contribution in [0.2, 0.25) is 0 Å². The Morgan fingerprint density at radius 1 is 1.19 bits per heavy atom. The molecule has 0 saturated carbocycles. The van der Waals surface area contributed by atoms with Gasteiger partial charge in [0.2, 0.25) is 0 Å². The molecule has 0 unspecified atom stereocenters. The van der Waals surface area contributed by atoms with Gasteiger partial charge in [-0.3, -0.25) is 0 Å². The lowest BCUT2D eigenvalue weighted by Crippen LogP contribution is -2.38. The summed E-state index contributed by atoms with van der Waals surface area (Å²) in [5.41, 5.74) is 1.15. The minimum atomic E-state index is -0.200. The average Bonchev–Trinajstić information content (AvgIpc) is 2.97. The highest BCUT2D eigenvalue weighted by Gasteiger charge is 2.01. The number of benzene rings is 1. The van der Waals surface area contributed by atoms with Crippen LogP contribution in [0.3, 0.4) is 0 Å². The Balaban J connectivity index is 1.55. The molecule has 2 rings (SSSR count). The van der Waals surface area contributed by atoms with Crippen molar-refractivity contribution in [3.05, 3.63) is 54.0 Å². The van der Waals surface area contributed by atoms with Crippen LogP contribution in [0.4, 0.5) is 4.79 Å². The zero-order valence-electron chi connectivity index (χ0n) is 12.1. The predicted molar refractivity (Wildman–Crippen MR) is 80.5 cm³/mol. The molecule has 0 bridgehead atoms. The number of amides is 2. The normalized spacial score (nSPS) is 10.1. The third kappa shape index (κ3) is 5.60. The lowest BCUT2D eigenvalue weighted by atomic mass is 10.2. The van der Waals surface area contributed by atoms with Crippen molar-refractivity contribution in [2.75, 3.05) is 19.7 Å². The maximum Gasteiger partial charge on any atom is 0.314 e. The van der Waals surface area contributed by atoms with Gasteiger partial charge in [-0.15, -0.1) is 0 Å². The molecule has 2 aromatic rings. The highest BCUT2D eigenvalue weighted by Crippen LogP contribution is 2.11. The van der Waals surface area contributed by atoms with E-state index in [4.69, 9.17) is 9.15 Å². The highest BCUT2D eigenvalue weighted by molar-refractivity contribution is 5.73. The molecule has 1 aromatic heterocycles. The fraction of sp³-hybridized carbons (Fsp3) is 0.312. The number of hydrogen-bond acceptors (Lipinski definition) is 3. The summed E-state index contributed by atoms with van der Waals surface area (Å²) in [5.74, 6) is 1.67. The number of aryl methyl sites for hydroxylation is 1. The van der Waals surface area contributed by atoms with Gasteiger partial charge in [0.15, 0.2) is 0 Å². The molecule has 1 heterocycles. The minimum absolute atomic E-state index is 0.200. The molecule has 0 atom stereocenters. The lowest BCUT2D eigenvalue weighted by molar-refractivity contribution is 0.236. The maximum absolute atomic E-state index is 11.5. The van der Waals surface area contributed by atoms with Crippen molar-refractivity contribution < 1.29 is 13.9 Å². The van der Waals surface area contributed by atoms with Gasteiger partial charge in [0.05, 0.1) is 12.8 Å². The van der Waals surface area contributed by atoms with Crippen LogP contribution < -0.4 is 15.4 Å². The molecule has 0 aliphatic carbocycles. The first kappa shape index (κ1) is 15.0. The Morgan fingerprint density at radius 2 is 2.05 bits per heavy atom. The van der Waals surface area contributed by atoms with E-state index in [2.05, 4.69) is 10.6 Å². The van der Waals surface area contributed by atoms with E-state index in [0.717, 1.165) is 17.1 Å². The topological polar surface area (TPSA) is 63.5 Å². The minimum Gasteiger partial charge on any atom is -0.492 e. The first-order chi connectivity index (χ1) is 10.2. The molecule has 0 aliphatic rings. The van der Waals surface area contributed by atoms with Crippen LogP contribution in [0.25, 0.3) is 0 Å². The van der Waals surface area contributed by atoms with Gasteiger partial charge in [0.1, 0.15) is 18.1 Å². The van der Waals surface area contributed by atoms with Crippen molar-refractivity contribution in [1.29, 1.82) is 0 Å². The molecule has 0 aliphatic heterocycles. The second-order valence-corrected chi connectivity index (χ2v) is 4.68. The molecule has 5 heteroatoms. The zero-order chi connectivity index (χ0) is 14.9. The average molecular weight is 288 g/mol. The van der Waals surface area contributed by atoms with E-state index < -0.39 is 0 Å². The third-order valence-corrected chi connectivity index (χ3v) is 2.88. The molecule has 5 nitrogen and oxygen atoms in total. The summed E-state index contributed by atoms with van der Waals surface area (Å²) in [5, 5.41) is 5.51. The summed E-state index contributed by atoms with van der Waals surface area (Å²) in [6.07, 6.45) is 2.30. The molecule has 2 N–H and O–H groups in total. The van der Waals surface area contributed by atoms with Crippen LogP contribution in [-0.4, -0.2) is 25.7 Å². The van der Waals surface area contributed by atoms with Crippen molar-refractivity contribution in [1.82, 2.24) is 10.6 Å². The zero-order valence-corrected chi connectivity index (χ0v) is 12.1. The van der Waals surface area contributed by atoms with Crippen molar-refractivity contribution in [2.24, 2.45) is 0 Å². The summed E-state index contributed by atoms with van der Waals surface area (Å²) in [6, 6.07) is 11.3. The largest absolute Gasteiger partial charge is 0.492 e. The SMILES string of the molecule is Cc1cccc(OCCNC(=O)NCCc2ccco2)c1. The van der Waals surface area contributed by atoms with Gasteiger partial charge in [-0.25, -0.2) is 4.79 Å². The van der Waals surface area contributed by atoms with Gasteiger partial charge >= 0.3 is 6.03 Å². The Labute approximate surface area is 124 Å². The smallest absolute Gasteiger partial charge is 0.314 e. The van der Waals surface area contributed by atoms with Crippen molar-refractivity contribution in [2.45, 2.75) is 13.3 Å². The fourth-order valence-corrected chi connectivity index (χ4v) is 1.86. The number of rotatable bonds is 7. The maximum atomic E-state index is 11.5. The van der Waals surface area contributed by atoms with E-state index in [0.29, 0.717) is 26.1 Å². The Morgan fingerprint density at radius 3 is 2.81 bits per heavy atom. The standard InChI is InChI=1S/C16H20N2O3/c1-13-4-2-5-15(12-13)21-11-9-18-16(19)17-8-7-14-6-3-10-20-14/h2-6,10,12H,7-9,11H2,1H3,(H2,17,18,19). The van der Waals surface area contributed by atoms with Crippen LogP contribution in [0.5, 0.6) is 5.75 Å². The first-order valence-electron chi connectivity index (χ1n) is 6.97. The van der Waals surface area contributed by atoms with Crippen LogP contribution in [0, 0.1) is 6.92 Å². The van der Waals surface area contributed by atoms with E-state index in [1.54, 1.807) is 6.26 Å². The van der Waals surface area contributed by atoms with Crippen molar-refractivity contribution in [3.63, 3.8) is 0 Å². The van der Waals surface area contributed by atoms with Crippen LogP contribution in [0.1, 0.15) is 11.3 Å². The van der Waals surface area contributed by atoms with Gasteiger partial charge in [0.25, 0.3) is 0 Å². The fourth-order valence-electron chi connectivity index (χ4n) is 1.86. The van der Waals surface area contributed by atoms with Gasteiger partial charge in [-0.2, -0.15) is 0 Å². The Kier molecular flexibility index (Phi) is 5.70. The molecular formula is C16H20N2O3. The highest BCUT2D eigenvalue weighted by atomic mass is 16.5. The van der Waals surface area contributed by atoms with Crippen LogP contribution in [0.15, 0.2) is 47.1 Å². The molecule has 1 aromatic carbocycles. The third-order valence-electron chi connectivity index (χ3n) is 2.88. The van der Waals surface area contributed by atoms with Crippen molar-refractivity contribution >= 4 is 6.03 Å². The number of hydrogen-bond donors (Lipinski definition) is 2. The lowest BCUT2D eigenvalue weighted by Gasteiger charge is -2.09. The van der Waals surface area contributed by atoms with Crippen molar-refractivity contribution in [3.8, 4) is 5.75 Å². The van der Waals surface area contributed by atoms with E-state index >= 15 is 0 Å². The van der Waals surface area contributed by atoms with E-state index in [9.17, 15) is 4.79 Å². The molecule has 0 saturated heterocycles. The number of nitrogens with one attached hydrogen (secondary N) is 2. The number of ether oxygens (including phenoxy) is 1. The predicted octanol–water partition coefficient (Wildman–Crippen LogP) is 2.51. The van der Waals surface area contributed by atoms with E-state index in [1.807, 2.05) is 43.3 Å². The van der Waals surface area contributed by atoms with E-state index in [1.165, 1.54) is 0 Å². The number of furan rings is 1. The Bertz CT molecular complexity index is 552. The Hall–Kier alpha value is -2.43. The molecule has 0 spiro atoms. The van der Waals surface area contributed by atoms with Gasteiger partial charge in [-0.05, 0) is 36.8 Å². The van der Waals surface area contributed by atoms with Gasteiger partial charge in [-0.1, -0.05) is 12.1 Å². The second kappa shape index (κ2) is 7.99. The number of carbonyl (C=O) groups is 1. The monoisotopic (exact) mass is 288 g/mol. The van der Waals surface area contributed by atoms with Crippen LogP contribution in [-0.2, 0) is 6.42 Å². The summed E-state index contributed by atoms with van der Waals surface area (Å²) >= 11 is 0. The molecule has 112 valence electrons. The van der Waals surface area contributed by atoms with Gasteiger partial charge < -0.3 is 19.8 Å². The van der Waals surface area contributed by atoms with Gasteiger partial charge in [0, 0.05) is 13.0 Å². The summed E-state index contributed by atoms with van der Waals surface area (Å²) in [7, 11) is 0. The molecular weight excluding hydrogens is 268 g/mol. The number of urea groups is 1. The van der Waals surface area contributed by atoms with E-state index in [-0.39, 0.29) is 6.03 Å². The molecule has 0 fully saturated rings. The quantitative estimate of drug-likeness (QED) is 0.769.